The molecule has 0 aliphatic carbocycles. The van der Waals surface area contributed by atoms with E-state index in [0.29, 0.717) is 0 Å². The molecule has 0 atom stereocenters. The van der Waals surface area contributed by atoms with E-state index in [1.165, 1.54) is 12.1 Å². The van der Waals surface area contributed by atoms with Crippen LogP contribution in [0.4, 0.5) is 14.5 Å². The lowest BCUT2D eigenvalue weighted by atomic mass is 10.1. The maximum Gasteiger partial charge on any atom is 0.387 e. The van der Waals surface area contributed by atoms with Crippen molar-refractivity contribution in [3.8, 4) is 5.75 Å². The predicted octanol–water partition coefficient (Wildman–Crippen LogP) is 2.70. The molecule has 17 heavy (non-hydrogen) atoms. The largest absolute Gasteiger partial charge is 0.462 e. The summed E-state index contributed by atoms with van der Waals surface area (Å²) in [6, 6.07) is 2.52. The maximum absolute atomic E-state index is 12.2. The number of ether oxygens (including phenoxy) is 2. The van der Waals surface area contributed by atoms with Gasteiger partial charge in [-0.2, -0.15) is 8.78 Å². The van der Waals surface area contributed by atoms with E-state index >= 15 is 0 Å². The number of esters is 1. The van der Waals surface area contributed by atoms with Crippen LogP contribution in [0.5, 0.6) is 5.75 Å². The van der Waals surface area contributed by atoms with Crippen LogP contribution in [-0.4, -0.2) is 19.2 Å². The molecule has 0 bridgehead atoms. The average Bonchev–Trinajstić information content (AvgIpc) is 2.24. The minimum absolute atomic E-state index is 0.0219. The molecule has 0 aliphatic rings. The second kappa shape index (κ2) is 5.67. The zero-order chi connectivity index (χ0) is 13.0. The number of carbonyl (C=O) groups is 1. The van der Waals surface area contributed by atoms with Crippen molar-refractivity contribution in [2.24, 2.45) is 0 Å². The monoisotopic (exact) mass is 265 g/mol. The smallest absolute Gasteiger partial charge is 0.387 e. The summed E-state index contributed by atoms with van der Waals surface area (Å²) >= 11 is 5.65. The van der Waals surface area contributed by atoms with Crippen molar-refractivity contribution in [2.75, 3.05) is 12.3 Å². The Morgan fingerprint density at radius 2 is 2.18 bits per heavy atom. The van der Waals surface area contributed by atoms with Gasteiger partial charge in [-0.25, -0.2) is 4.79 Å². The van der Waals surface area contributed by atoms with E-state index in [4.69, 9.17) is 17.3 Å². The average molecular weight is 266 g/mol. The van der Waals surface area contributed by atoms with E-state index in [0.717, 1.165) is 0 Å². The Morgan fingerprint density at radius 1 is 1.53 bits per heavy atom. The first kappa shape index (κ1) is 13.5. The highest BCUT2D eigenvalue weighted by atomic mass is 35.5. The zero-order valence-corrected chi connectivity index (χ0v) is 9.63. The molecule has 4 nitrogen and oxygen atoms in total. The lowest BCUT2D eigenvalue weighted by Crippen LogP contribution is -2.12. The van der Waals surface area contributed by atoms with E-state index in [9.17, 15) is 13.6 Å². The van der Waals surface area contributed by atoms with Crippen LogP contribution in [0.1, 0.15) is 17.3 Å². The molecule has 2 N–H and O–H groups in total. The second-order valence-corrected chi connectivity index (χ2v) is 3.34. The first-order valence-electron chi connectivity index (χ1n) is 4.67. The van der Waals surface area contributed by atoms with Crippen molar-refractivity contribution in [3.05, 3.63) is 22.7 Å². The van der Waals surface area contributed by atoms with Crippen LogP contribution in [0.3, 0.4) is 0 Å². The van der Waals surface area contributed by atoms with E-state index in [1.807, 2.05) is 0 Å². The van der Waals surface area contributed by atoms with Gasteiger partial charge in [-0.1, -0.05) is 11.6 Å². The summed E-state index contributed by atoms with van der Waals surface area (Å²) in [5.41, 5.74) is 5.06. The van der Waals surface area contributed by atoms with E-state index in [1.54, 1.807) is 6.92 Å². The Labute approximate surface area is 101 Å². The van der Waals surface area contributed by atoms with E-state index in [2.05, 4.69) is 9.47 Å². The molecule has 0 saturated carbocycles. The highest BCUT2D eigenvalue weighted by molar-refractivity contribution is 6.33. The van der Waals surface area contributed by atoms with Gasteiger partial charge in [0.15, 0.2) is 5.75 Å². The molecule has 0 radical (unpaired) electrons. The maximum atomic E-state index is 12.2. The predicted molar refractivity (Wildman–Crippen MR) is 58.5 cm³/mol. The third-order valence-corrected chi connectivity index (χ3v) is 2.17. The molecule has 0 aromatic heterocycles. The fourth-order valence-corrected chi connectivity index (χ4v) is 1.31. The zero-order valence-electron chi connectivity index (χ0n) is 8.88. The van der Waals surface area contributed by atoms with Gasteiger partial charge >= 0.3 is 12.6 Å². The number of rotatable bonds is 4. The van der Waals surface area contributed by atoms with Crippen molar-refractivity contribution in [1.82, 2.24) is 0 Å². The number of nitrogens with two attached hydrogens (primary N) is 1. The summed E-state index contributed by atoms with van der Waals surface area (Å²) in [4.78, 5) is 11.5. The number of hydrogen-bond donors (Lipinski definition) is 1. The second-order valence-electron chi connectivity index (χ2n) is 2.94. The van der Waals surface area contributed by atoms with Gasteiger partial charge in [0.25, 0.3) is 0 Å². The fourth-order valence-electron chi connectivity index (χ4n) is 1.16. The Hall–Kier alpha value is -1.56. The molecule has 0 fully saturated rings. The summed E-state index contributed by atoms with van der Waals surface area (Å²) < 4.78 is 33.2. The van der Waals surface area contributed by atoms with Gasteiger partial charge in [0.1, 0.15) is 5.56 Å². The molecule has 7 heteroatoms. The van der Waals surface area contributed by atoms with Crippen LogP contribution in [0.2, 0.25) is 5.02 Å². The Bertz CT molecular complexity index is 426. The minimum atomic E-state index is -3.11. The lowest BCUT2D eigenvalue weighted by molar-refractivity contribution is -0.0499. The highest BCUT2D eigenvalue weighted by Crippen LogP contribution is 2.34. The van der Waals surface area contributed by atoms with Gasteiger partial charge in [0, 0.05) is 0 Å². The molecule has 0 unspecified atom stereocenters. The molecule has 1 rings (SSSR count). The highest BCUT2D eigenvalue weighted by Gasteiger charge is 2.21. The first-order chi connectivity index (χ1) is 7.97. The van der Waals surface area contributed by atoms with E-state index < -0.39 is 18.3 Å². The topological polar surface area (TPSA) is 61.5 Å². The van der Waals surface area contributed by atoms with Crippen LogP contribution >= 0.6 is 11.6 Å². The van der Waals surface area contributed by atoms with Crippen molar-refractivity contribution in [2.45, 2.75) is 13.5 Å². The molecule has 0 spiro atoms. The Kier molecular flexibility index (Phi) is 4.51. The number of alkyl halides is 2. The van der Waals surface area contributed by atoms with Crippen molar-refractivity contribution in [1.29, 1.82) is 0 Å². The quantitative estimate of drug-likeness (QED) is 0.672. The number of carbonyl (C=O) groups excluding carboxylic acids is 1. The summed E-state index contributed by atoms with van der Waals surface area (Å²) in [5.74, 6) is -1.27. The molecule has 94 valence electrons. The Morgan fingerprint density at radius 3 is 2.71 bits per heavy atom. The standard InChI is InChI=1S/C10H10ClF2NO3/c1-2-16-9(15)5-3-4-6(11)7(14)8(5)17-10(12)13/h3-4,10H,2,14H2,1H3. The number of hydrogen-bond acceptors (Lipinski definition) is 4. The fraction of sp³-hybridized carbons (Fsp3) is 0.300. The van der Waals surface area contributed by atoms with Crippen molar-refractivity contribution < 1.29 is 23.0 Å². The van der Waals surface area contributed by atoms with E-state index in [-0.39, 0.29) is 22.9 Å². The molecule has 0 heterocycles. The lowest BCUT2D eigenvalue weighted by Gasteiger charge is -2.13. The summed E-state index contributed by atoms with van der Waals surface area (Å²) in [5, 5.41) is 0.0219. The van der Waals surface area contributed by atoms with Gasteiger partial charge in [-0.05, 0) is 19.1 Å². The number of anilines is 1. The molecule has 0 aliphatic heterocycles. The Balaban J connectivity index is 3.19. The normalized spacial score (nSPS) is 10.4. The third-order valence-electron chi connectivity index (χ3n) is 1.85. The minimum Gasteiger partial charge on any atom is -0.462 e. The third kappa shape index (κ3) is 3.20. The first-order valence-corrected chi connectivity index (χ1v) is 5.05. The van der Waals surface area contributed by atoms with Gasteiger partial charge in [0.2, 0.25) is 0 Å². The van der Waals surface area contributed by atoms with Crippen LogP contribution in [-0.2, 0) is 4.74 Å². The number of halogens is 3. The summed E-state index contributed by atoms with van der Waals surface area (Å²) in [6.45, 7) is -1.41. The SMILES string of the molecule is CCOC(=O)c1ccc(Cl)c(N)c1OC(F)F. The van der Waals surface area contributed by atoms with Crippen molar-refractivity contribution in [3.63, 3.8) is 0 Å². The summed E-state index contributed by atoms with van der Waals surface area (Å²) in [7, 11) is 0. The number of nitrogen functional groups attached to an aromatic ring is 1. The molecule has 0 saturated heterocycles. The van der Waals surface area contributed by atoms with Gasteiger partial charge in [0.05, 0.1) is 17.3 Å². The van der Waals surface area contributed by atoms with Gasteiger partial charge < -0.3 is 15.2 Å². The molecular formula is C10H10ClF2NO3. The van der Waals surface area contributed by atoms with Crippen LogP contribution in [0.15, 0.2) is 12.1 Å². The molecule has 1 aromatic rings. The molecule has 1 aromatic carbocycles. The van der Waals surface area contributed by atoms with Gasteiger partial charge in [-0.3, -0.25) is 0 Å². The van der Waals surface area contributed by atoms with Crippen molar-refractivity contribution >= 4 is 23.3 Å². The van der Waals surface area contributed by atoms with Crippen LogP contribution in [0, 0.1) is 0 Å². The molecule has 0 amide bonds. The summed E-state index contributed by atoms with van der Waals surface area (Å²) in [6.07, 6.45) is 0. The van der Waals surface area contributed by atoms with Gasteiger partial charge in [-0.15, -0.1) is 0 Å². The van der Waals surface area contributed by atoms with Crippen LogP contribution < -0.4 is 10.5 Å². The molecular weight excluding hydrogens is 256 g/mol. The van der Waals surface area contributed by atoms with Crippen LogP contribution in [0.25, 0.3) is 0 Å². The number of benzene rings is 1.